The number of hydrogen-bond acceptors (Lipinski definition) is 0. The smallest absolute Gasteiger partial charge is 0.0797 e. The first-order valence-electron chi connectivity index (χ1n) is 7.41. The minimum Gasteiger partial charge on any atom is -0.0797 e. The van der Waals surface area contributed by atoms with Gasteiger partial charge < -0.3 is 0 Å². The van der Waals surface area contributed by atoms with Crippen molar-refractivity contribution < 1.29 is 0 Å². The van der Waals surface area contributed by atoms with Crippen LogP contribution in [-0.4, -0.2) is 8.07 Å². The molecule has 0 heterocycles. The summed E-state index contributed by atoms with van der Waals surface area (Å²) in [7, 11) is -1.46. The molecule has 2 rings (SSSR count). The maximum absolute atomic E-state index is 2.52. The van der Waals surface area contributed by atoms with E-state index in [1.807, 2.05) is 0 Å². The van der Waals surface area contributed by atoms with Gasteiger partial charge in [0, 0.05) is 0 Å². The zero-order valence-electron chi connectivity index (χ0n) is 13.0. The zero-order valence-corrected chi connectivity index (χ0v) is 14.0. The van der Waals surface area contributed by atoms with E-state index in [0.717, 1.165) is 0 Å². The zero-order chi connectivity index (χ0) is 14.0. The maximum Gasteiger partial charge on any atom is 0.0915 e. The van der Waals surface area contributed by atoms with Crippen LogP contribution in [0.1, 0.15) is 30.9 Å². The van der Waals surface area contributed by atoms with Crippen molar-refractivity contribution in [2.45, 2.75) is 52.2 Å². The summed E-state index contributed by atoms with van der Waals surface area (Å²) in [6.07, 6.45) is 9.56. The van der Waals surface area contributed by atoms with Gasteiger partial charge in [0.15, 0.2) is 0 Å². The van der Waals surface area contributed by atoms with Crippen molar-refractivity contribution in [2.75, 3.05) is 0 Å². The van der Waals surface area contributed by atoms with E-state index in [1.165, 1.54) is 24.0 Å². The highest BCUT2D eigenvalue weighted by Crippen LogP contribution is 2.37. The Bertz CT molecular complexity index is 500. The molecule has 0 nitrogen and oxygen atoms in total. The van der Waals surface area contributed by atoms with Gasteiger partial charge in [-0.1, -0.05) is 84.8 Å². The van der Waals surface area contributed by atoms with Crippen LogP contribution in [0.25, 0.3) is 0 Å². The second-order valence-corrected chi connectivity index (χ2v) is 11.1. The predicted molar refractivity (Wildman–Crippen MR) is 88.9 cm³/mol. The standard InChI is InChI=1S/C18H26Si/c1-6-8-16-9-7-10-18(16)19(4,5)17-12-14(2)11-15(3)13-17/h7,9-13,18H,6,8H2,1-5H3. The van der Waals surface area contributed by atoms with E-state index in [2.05, 4.69) is 70.3 Å². The molecule has 1 heteroatoms. The van der Waals surface area contributed by atoms with Crippen molar-refractivity contribution in [1.29, 1.82) is 0 Å². The molecule has 1 aliphatic rings. The molecule has 0 saturated carbocycles. The van der Waals surface area contributed by atoms with Crippen LogP contribution in [0.5, 0.6) is 0 Å². The van der Waals surface area contributed by atoms with Gasteiger partial charge in [-0.2, -0.15) is 0 Å². The van der Waals surface area contributed by atoms with Gasteiger partial charge in [0.2, 0.25) is 0 Å². The fourth-order valence-electron chi connectivity index (χ4n) is 3.28. The third kappa shape index (κ3) is 2.92. The van der Waals surface area contributed by atoms with Gasteiger partial charge in [0.1, 0.15) is 0 Å². The Morgan fingerprint density at radius 3 is 2.26 bits per heavy atom. The summed E-state index contributed by atoms with van der Waals surface area (Å²) in [5, 5.41) is 1.60. The van der Waals surface area contributed by atoms with Crippen molar-refractivity contribution in [3.05, 3.63) is 53.1 Å². The van der Waals surface area contributed by atoms with E-state index < -0.39 is 8.07 Å². The van der Waals surface area contributed by atoms with E-state index in [9.17, 15) is 0 Å². The summed E-state index contributed by atoms with van der Waals surface area (Å²) in [4.78, 5) is 0. The van der Waals surface area contributed by atoms with Crippen LogP contribution < -0.4 is 5.19 Å². The Hall–Kier alpha value is -1.08. The quantitative estimate of drug-likeness (QED) is 0.684. The fourth-order valence-corrected chi connectivity index (χ4v) is 6.59. The minimum absolute atomic E-state index is 0.689. The van der Waals surface area contributed by atoms with Crippen molar-refractivity contribution in [1.82, 2.24) is 0 Å². The highest BCUT2D eigenvalue weighted by atomic mass is 28.3. The predicted octanol–water partition coefficient (Wildman–Crippen LogP) is 4.89. The molecule has 0 fully saturated rings. The monoisotopic (exact) mass is 270 g/mol. The van der Waals surface area contributed by atoms with Gasteiger partial charge in [-0.15, -0.1) is 0 Å². The Balaban J connectivity index is 2.36. The molecule has 0 spiro atoms. The molecule has 0 bridgehead atoms. The summed E-state index contributed by atoms with van der Waals surface area (Å²) in [5.74, 6) is 0. The Morgan fingerprint density at radius 2 is 1.68 bits per heavy atom. The molecule has 0 aromatic heterocycles. The van der Waals surface area contributed by atoms with Crippen LogP contribution in [0, 0.1) is 13.8 Å². The largest absolute Gasteiger partial charge is 0.0915 e. The second kappa shape index (κ2) is 5.50. The fraction of sp³-hybridized carbons (Fsp3) is 0.444. The summed E-state index contributed by atoms with van der Waals surface area (Å²) >= 11 is 0. The lowest BCUT2D eigenvalue weighted by Crippen LogP contribution is -2.46. The van der Waals surface area contributed by atoms with Crippen LogP contribution in [0.15, 0.2) is 42.0 Å². The van der Waals surface area contributed by atoms with Crippen molar-refractivity contribution in [3.8, 4) is 0 Å². The van der Waals surface area contributed by atoms with E-state index in [-0.39, 0.29) is 0 Å². The third-order valence-corrected chi connectivity index (χ3v) is 8.19. The molecule has 0 amide bonds. The molecule has 19 heavy (non-hydrogen) atoms. The number of allylic oxidation sites excluding steroid dienone is 4. The van der Waals surface area contributed by atoms with Crippen LogP contribution in [-0.2, 0) is 0 Å². The van der Waals surface area contributed by atoms with Gasteiger partial charge in [0.05, 0.1) is 8.07 Å². The maximum atomic E-state index is 2.52. The number of rotatable bonds is 4. The first-order chi connectivity index (χ1) is 8.95. The SMILES string of the molecule is CCCC1=CC=CC1[Si](C)(C)c1cc(C)cc(C)c1. The topological polar surface area (TPSA) is 0 Å². The van der Waals surface area contributed by atoms with Gasteiger partial charge in [0.25, 0.3) is 0 Å². The molecule has 102 valence electrons. The van der Waals surface area contributed by atoms with Gasteiger partial charge in [-0.3, -0.25) is 0 Å². The van der Waals surface area contributed by atoms with Gasteiger partial charge >= 0.3 is 0 Å². The highest BCUT2D eigenvalue weighted by Gasteiger charge is 2.35. The molecule has 1 aromatic carbocycles. The Kier molecular flexibility index (Phi) is 4.15. The van der Waals surface area contributed by atoms with E-state index >= 15 is 0 Å². The van der Waals surface area contributed by atoms with Crippen molar-refractivity contribution in [3.63, 3.8) is 0 Å². The summed E-state index contributed by atoms with van der Waals surface area (Å²) in [6.45, 7) is 11.8. The average Bonchev–Trinajstić information content (AvgIpc) is 2.77. The van der Waals surface area contributed by atoms with E-state index in [0.29, 0.717) is 5.54 Å². The van der Waals surface area contributed by atoms with Crippen LogP contribution in [0.4, 0.5) is 0 Å². The molecule has 0 N–H and O–H groups in total. The molecule has 1 unspecified atom stereocenters. The van der Waals surface area contributed by atoms with Gasteiger partial charge in [-0.05, 0) is 25.8 Å². The second-order valence-electron chi connectivity index (χ2n) is 6.45. The number of hydrogen-bond donors (Lipinski definition) is 0. The molecule has 1 atom stereocenters. The average molecular weight is 270 g/mol. The number of benzene rings is 1. The van der Waals surface area contributed by atoms with E-state index in [1.54, 1.807) is 10.8 Å². The summed E-state index contributed by atoms with van der Waals surface area (Å²) < 4.78 is 0. The molecule has 0 saturated heterocycles. The van der Waals surface area contributed by atoms with Crippen LogP contribution >= 0.6 is 0 Å². The molecule has 0 radical (unpaired) electrons. The minimum atomic E-state index is -1.46. The normalized spacial score (nSPS) is 18.8. The highest BCUT2D eigenvalue weighted by molar-refractivity contribution is 6.92. The lowest BCUT2D eigenvalue weighted by molar-refractivity contribution is 0.878. The molecule has 1 aliphatic carbocycles. The molecular weight excluding hydrogens is 244 g/mol. The van der Waals surface area contributed by atoms with Crippen molar-refractivity contribution >= 4 is 13.3 Å². The van der Waals surface area contributed by atoms with Crippen LogP contribution in [0.2, 0.25) is 18.6 Å². The Labute approximate surface area is 119 Å². The van der Waals surface area contributed by atoms with E-state index in [4.69, 9.17) is 0 Å². The molecular formula is C18H26Si. The third-order valence-electron chi connectivity index (χ3n) is 4.30. The first kappa shape index (κ1) is 14.3. The molecule has 1 aromatic rings. The summed E-state index contributed by atoms with van der Waals surface area (Å²) in [5.41, 5.74) is 5.14. The summed E-state index contributed by atoms with van der Waals surface area (Å²) in [6, 6.07) is 7.10. The number of aryl methyl sites for hydroxylation is 2. The molecule has 0 aliphatic heterocycles. The van der Waals surface area contributed by atoms with Crippen LogP contribution in [0.3, 0.4) is 0 Å². The van der Waals surface area contributed by atoms with Crippen molar-refractivity contribution in [2.24, 2.45) is 0 Å². The Morgan fingerprint density at radius 1 is 1.05 bits per heavy atom. The van der Waals surface area contributed by atoms with Gasteiger partial charge in [-0.25, -0.2) is 0 Å². The lowest BCUT2D eigenvalue weighted by atomic mass is 10.1. The lowest BCUT2D eigenvalue weighted by Gasteiger charge is -2.32. The first-order valence-corrected chi connectivity index (χ1v) is 10.5.